The lowest BCUT2D eigenvalue weighted by molar-refractivity contribution is 0.257. The first-order valence-electron chi connectivity index (χ1n) is 6.63. The van der Waals surface area contributed by atoms with Crippen LogP contribution in [0.5, 0.6) is 0 Å². The van der Waals surface area contributed by atoms with Gasteiger partial charge in [0.2, 0.25) is 0 Å². The van der Waals surface area contributed by atoms with Gasteiger partial charge in [-0.05, 0) is 37.2 Å². The molecule has 0 amide bonds. The number of benzene rings is 1. The van der Waals surface area contributed by atoms with E-state index in [1.54, 1.807) is 0 Å². The maximum atomic E-state index is 13.1. The summed E-state index contributed by atoms with van der Waals surface area (Å²) in [4.78, 5) is 4.57. The van der Waals surface area contributed by atoms with Crippen LogP contribution in [0.2, 0.25) is 0 Å². The van der Waals surface area contributed by atoms with Gasteiger partial charge in [-0.15, -0.1) is 11.6 Å². The maximum absolute atomic E-state index is 13.1. The second-order valence-corrected chi connectivity index (χ2v) is 5.32. The van der Waals surface area contributed by atoms with E-state index in [0.29, 0.717) is 18.0 Å². The molecule has 1 aliphatic heterocycles. The molecule has 1 saturated heterocycles. The molecule has 0 N–H and O–H groups in total. The van der Waals surface area contributed by atoms with Crippen LogP contribution in [-0.2, 0) is 6.54 Å². The standard InChI is InChI=1S/C14H19ClF2N2/c15-2-5-18-3-1-4-19(7-6-18)11-12-8-13(16)10-14(17)9-12/h8-10H,1-7,11H2. The van der Waals surface area contributed by atoms with Crippen molar-refractivity contribution in [3.8, 4) is 0 Å². The van der Waals surface area contributed by atoms with Gasteiger partial charge in [0.25, 0.3) is 0 Å². The van der Waals surface area contributed by atoms with E-state index in [2.05, 4.69) is 9.80 Å². The van der Waals surface area contributed by atoms with Gasteiger partial charge in [-0.25, -0.2) is 8.78 Å². The zero-order chi connectivity index (χ0) is 13.7. The fraction of sp³-hybridized carbons (Fsp3) is 0.571. The van der Waals surface area contributed by atoms with Crippen molar-refractivity contribution in [1.82, 2.24) is 9.80 Å². The summed E-state index contributed by atoms with van der Waals surface area (Å²) in [5, 5.41) is 0. The van der Waals surface area contributed by atoms with Gasteiger partial charge in [0, 0.05) is 38.1 Å². The third-order valence-electron chi connectivity index (χ3n) is 3.41. The van der Waals surface area contributed by atoms with Crippen LogP contribution >= 0.6 is 11.6 Å². The Morgan fingerprint density at radius 2 is 1.58 bits per heavy atom. The molecule has 0 bridgehead atoms. The van der Waals surface area contributed by atoms with Gasteiger partial charge in [-0.2, -0.15) is 0 Å². The van der Waals surface area contributed by atoms with Gasteiger partial charge in [0.15, 0.2) is 0 Å². The number of alkyl halides is 1. The van der Waals surface area contributed by atoms with Crippen molar-refractivity contribution in [2.75, 3.05) is 38.6 Å². The van der Waals surface area contributed by atoms with Crippen molar-refractivity contribution in [2.24, 2.45) is 0 Å². The number of nitrogens with zero attached hydrogens (tertiary/aromatic N) is 2. The summed E-state index contributed by atoms with van der Waals surface area (Å²) in [6, 6.07) is 3.73. The Bertz CT molecular complexity index is 394. The van der Waals surface area contributed by atoms with Gasteiger partial charge in [0.1, 0.15) is 11.6 Å². The lowest BCUT2D eigenvalue weighted by atomic mass is 10.2. The first-order chi connectivity index (χ1) is 9.17. The summed E-state index contributed by atoms with van der Waals surface area (Å²) < 4.78 is 26.3. The third-order valence-corrected chi connectivity index (χ3v) is 3.58. The summed E-state index contributed by atoms with van der Waals surface area (Å²) in [7, 11) is 0. The van der Waals surface area contributed by atoms with Crippen molar-refractivity contribution in [1.29, 1.82) is 0 Å². The van der Waals surface area contributed by atoms with E-state index in [-0.39, 0.29) is 0 Å². The Labute approximate surface area is 117 Å². The molecule has 0 aromatic heterocycles. The minimum absolute atomic E-state index is 0.506. The highest BCUT2D eigenvalue weighted by Gasteiger charge is 2.15. The van der Waals surface area contributed by atoms with Gasteiger partial charge in [-0.3, -0.25) is 4.90 Å². The zero-order valence-electron chi connectivity index (χ0n) is 10.9. The molecule has 5 heteroatoms. The topological polar surface area (TPSA) is 6.48 Å². The van der Waals surface area contributed by atoms with Crippen molar-refractivity contribution in [2.45, 2.75) is 13.0 Å². The highest BCUT2D eigenvalue weighted by molar-refractivity contribution is 6.18. The number of rotatable bonds is 4. The van der Waals surface area contributed by atoms with Crippen LogP contribution in [0.4, 0.5) is 8.78 Å². The minimum Gasteiger partial charge on any atom is -0.301 e. The molecule has 0 spiro atoms. The normalized spacial score (nSPS) is 18.5. The predicted octanol–water partition coefficient (Wildman–Crippen LogP) is 2.71. The van der Waals surface area contributed by atoms with Crippen LogP contribution in [0.1, 0.15) is 12.0 Å². The molecule has 19 heavy (non-hydrogen) atoms. The van der Waals surface area contributed by atoms with Crippen LogP contribution in [0.3, 0.4) is 0 Å². The molecule has 1 aliphatic rings. The fourth-order valence-electron chi connectivity index (χ4n) is 2.49. The summed E-state index contributed by atoms with van der Waals surface area (Å²) in [5.74, 6) is -0.364. The van der Waals surface area contributed by atoms with Crippen molar-refractivity contribution in [3.05, 3.63) is 35.4 Å². The Kier molecular flexibility index (Phi) is 5.55. The molecule has 1 fully saturated rings. The summed E-state index contributed by atoms with van der Waals surface area (Å²) in [5.41, 5.74) is 0.697. The van der Waals surface area contributed by atoms with E-state index >= 15 is 0 Å². The second-order valence-electron chi connectivity index (χ2n) is 4.94. The molecule has 1 heterocycles. The smallest absolute Gasteiger partial charge is 0.126 e. The lowest BCUT2D eigenvalue weighted by Crippen LogP contribution is -2.31. The van der Waals surface area contributed by atoms with E-state index in [0.717, 1.165) is 45.2 Å². The Morgan fingerprint density at radius 1 is 0.947 bits per heavy atom. The van der Waals surface area contributed by atoms with E-state index < -0.39 is 11.6 Å². The van der Waals surface area contributed by atoms with Crippen LogP contribution in [0.15, 0.2) is 18.2 Å². The third kappa shape index (κ3) is 4.71. The van der Waals surface area contributed by atoms with Crippen molar-refractivity contribution >= 4 is 11.6 Å². The van der Waals surface area contributed by atoms with Crippen LogP contribution < -0.4 is 0 Å². The number of hydrogen-bond acceptors (Lipinski definition) is 2. The maximum Gasteiger partial charge on any atom is 0.126 e. The summed E-state index contributed by atoms with van der Waals surface area (Å²) in [6.45, 7) is 5.38. The molecule has 0 saturated carbocycles. The molecular weight excluding hydrogens is 270 g/mol. The second kappa shape index (κ2) is 7.17. The average molecular weight is 289 g/mol. The van der Waals surface area contributed by atoms with E-state index in [4.69, 9.17) is 11.6 Å². The van der Waals surface area contributed by atoms with Crippen molar-refractivity contribution < 1.29 is 8.78 Å². The molecule has 0 unspecified atom stereocenters. The van der Waals surface area contributed by atoms with Gasteiger partial charge in [0.05, 0.1) is 0 Å². The van der Waals surface area contributed by atoms with Gasteiger partial charge >= 0.3 is 0 Å². The molecule has 0 atom stereocenters. The van der Waals surface area contributed by atoms with Crippen molar-refractivity contribution in [3.63, 3.8) is 0 Å². The first kappa shape index (κ1) is 14.7. The van der Waals surface area contributed by atoms with Crippen LogP contribution in [0, 0.1) is 11.6 Å². The minimum atomic E-state index is -0.506. The molecule has 1 aromatic carbocycles. The SMILES string of the molecule is Fc1cc(F)cc(CN2CCCN(CCCl)CC2)c1. The monoisotopic (exact) mass is 288 g/mol. The predicted molar refractivity (Wildman–Crippen MR) is 73.4 cm³/mol. The van der Waals surface area contributed by atoms with Gasteiger partial charge in [-0.1, -0.05) is 0 Å². The van der Waals surface area contributed by atoms with Crippen LogP contribution in [0.25, 0.3) is 0 Å². The molecule has 1 aromatic rings. The average Bonchev–Trinajstić information content (AvgIpc) is 2.54. The largest absolute Gasteiger partial charge is 0.301 e. The molecule has 106 valence electrons. The molecule has 0 radical (unpaired) electrons. The Hall–Kier alpha value is -0.710. The molecule has 2 nitrogen and oxygen atoms in total. The summed E-state index contributed by atoms with van der Waals surface area (Å²) >= 11 is 5.75. The number of halogens is 3. The van der Waals surface area contributed by atoms with E-state index in [1.807, 2.05) is 0 Å². The Morgan fingerprint density at radius 3 is 2.26 bits per heavy atom. The summed E-state index contributed by atoms with van der Waals surface area (Å²) in [6.07, 6.45) is 1.06. The lowest BCUT2D eigenvalue weighted by Gasteiger charge is -2.21. The molecule has 0 aliphatic carbocycles. The number of hydrogen-bond donors (Lipinski definition) is 0. The first-order valence-corrected chi connectivity index (χ1v) is 7.16. The highest BCUT2D eigenvalue weighted by Crippen LogP contribution is 2.12. The fourth-order valence-corrected chi connectivity index (χ4v) is 2.73. The van der Waals surface area contributed by atoms with Gasteiger partial charge < -0.3 is 4.90 Å². The van der Waals surface area contributed by atoms with E-state index in [9.17, 15) is 8.78 Å². The quantitative estimate of drug-likeness (QED) is 0.786. The highest BCUT2D eigenvalue weighted by atomic mass is 35.5. The van der Waals surface area contributed by atoms with E-state index in [1.165, 1.54) is 12.1 Å². The molecule has 2 rings (SSSR count). The van der Waals surface area contributed by atoms with Crippen LogP contribution in [-0.4, -0.2) is 48.4 Å². The molecular formula is C14H19ClF2N2. The Balaban J connectivity index is 1.92. The zero-order valence-corrected chi connectivity index (χ0v) is 11.7.